The highest BCUT2D eigenvalue weighted by molar-refractivity contribution is 7.20. The molecule has 84 valence electrons. The SMILES string of the molecule is COC(=O)Nc1sc(N)nc1-c1ccco1. The first-order valence-corrected chi connectivity index (χ1v) is 5.17. The zero-order valence-electron chi connectivity index (χ0n) is 8.39. The Bertz CT molecular complexity index is 492. The van der Waals surface area contributed by atoms with Crippen molar-refractivity contribution in [2.75, 3.05) is 18.2 Å². The normalized spacial score (nSPS) is 10.1. The van der Waals surface area contributed by atoms with Crippen molar-refractivity contribution in [3.63, 3.8) is 0 Å². The number of ether oxygens (including phenoxy) is 1. The number of carbonyl (C=O) groups excluding carboxylic acids is 1. The van der Waals surface area contributed by atoms with Gasteiger partial charge in [0.25, 0.3) is 0 Å². The van der Waals surface area contributed by atoms with Crippen LogP contribution >= 0.6 is 11.3 Å². The number of methoxy groups -OCH3 is 1. The van der Waals surface area contributed by atoms with Crippen molar-refractivity contribution >= 4 is 27.6 Å². The molecule has 3 N–H and O–H groups in total. The second-order valence-corrected chi connectivity index (χ2v) is 3.85. The average Bonchev–Trinajstić information content (AvgIpc) is 2.87. The second-order valence-electron chi connectivity index (χ2n) is 2.82. The van der Waals surface area contributed by atoms with Gasteiger partial charge in [0.2, 0.25) is 0 Å². The minimum Gasteiger partial charge on any atom is -0.463 e. The predicted octanol–water partition coefficient (Wildman–Crippen LogP) is 2.16. The highest BCUT2D eigenvalue weighted by atomic mass is 32.1. The van der Waals surface area contributed by atoms with Gasteiger partial charge in [-0.1, -0.05) is 11.3 Å². The lowest BCUT2D eigenvalue weighted by Crippen LogP contribution is -2.10. The molecule has 0 radical (unpaired) electrons. The Morgan fingerprint density at radius 3 is 3.12 bits per heavy atom. The standard InChI is InChI=1S/C9H9N3O3S/c1-14-9(13)12-7-6(11-8(10)16-7)5-3-2-4-15-5/h2-4H,1H3,(H2,10,11)(H,12,13). The number of nitrogens with one attached hydrogen (secondary N) is 1. The van der Waals surface area contributed by atoms with Crippen LogP contribution in [0.5, 0.6) is 0 Å². The van der Waals surface area contributed by atoms with Crippen molar-refractivity contribution in [1.82, 2.24) is 4.98 Å². The summed E-state index contributed by atoms with van der Waals surface area (Å²) in [6, 6.07) is 3.46. The molecule has 6 nitrogen and oxygen atoms in total. The van der Waals surface area contributed by atoms with Gasteiger partial charge >= 0.3 is 6.09 Å². The number of hydrogen-bond donors (Lipinski definition) is 2. The molecule has 0 saturated heterocycles. The van der Waals surface area contributed by atoms with E-state index in [1.807, 2.05) is 0 Å². The smallest absolute Gasteiger partial charge is 0.412 e. The Hall–Kier alpha value is -2.02. The van der Waals surface area contributed by atoms with Crippen LogP contribution in [0.2, 0.25) is 0 Å². The van der Waals surface area contributed by atoms with Crippen LogP contribution in [0, 0.1) is 0 Å². The first-order valence-electron chi connectivity index (χ1n) is 4.36. The molecule has 0 aliphatic rings. The largest absolute Gasteiger partial charge is 0.463 e. The summed E-state index contributed by atoms with van der Waals surface area (Å²) in [5.41, 5.74) is 6.07. The number of rotatable bonds is 2. The molecule has 16 heavy (non-hydrogen) atoms. The molecule has 0 aliphatic carbocycles. The summed E-state index contributed by atoms with van der Waals surface area (Å²) in [4.78, 5) is 15.2. The van der Waals surface area contributed by atoms with Crippen molar-refractivity contribution in [3.05, 3.63) is 18.4 Å². The van der Waals surface area contributed by atoms with E-state index >= 15 is 0 Å². The van der Waals surface area contributed by atoms with E-state index in [1.165, 1.54) is 13.4 Å². The first-order chi connectivity index (χ1) is 7.70. The molecule has 2 aromatic heterocycles. The summed E-state index contributed by atoms with van der Waals surface area (Å²) in [6.45, 7) is 0. The van der Waals surface area contributed by atoms with Gasteiger partial charge in [0.05, 0.1) is 13.4 Å². The highest BCUT2D eigenvalue weighted by Gasteiger charge is 2.16. The fourth-order valence-corrected chi connectivity index (χ4v) is 1.87. The van der Waals surface area contributed by atoms with E-state index in [1.54, 1.807) is 12.1 Å². The molecule has 0 spiro atoms. The van der Waals surface area contributed by atoms with Crippen molar-refractivity contribution in [3.8, 4) is 11.5 Å². The zero-order valence-corrected chi connectivity index (χ0v) is 9.21. The van der Waals surface area contributed by atoms with E-state index in [0.717, 1.165) is 11.3 Å². The number of hydrogen-bond acceptors (Lipinski definition) is 6. The lowest BCUT2D eigenvalue weighted by Gasteiger charge is -2.00. The summed E-state index contributed by atoms with van der Waals surface area (Å²) in [7, 11) is 1.28. The van der Waals surface area contributed by atoms with Crippen LogP contribution in [0.25, 0.3) is 11.5 Å². The van der Waals surface area contributed by atoms with Crippen LogP contribution in [-0.4, -0.2) is 18.2 Å². The maximum absolute atomic E-state index is 11.1. The summed E-state index contributed by atoms with van der Waals surface area (Å²) in [5, 5.41) is 3.37. The van der Waals surface area contributed by atoms with Crippen LogP contribution in [0.15, 0.2) is 22.8 Å². The molecule has 7 heteroatoms. The minimum absolute atomic E-state index is 0.345. The molecular formula is C9H9N3O3S. The van der Waals surface area contributed by atoms with Gasteiger partial charge in [-0.05, 0) is 12.1 Å². The zero-order chi connectivity index (χ0) is 11.5. The van der Waals surface area contributed by atoms with Gasteiger partial charge in [-0.3, -0.25) is 5.32 Å². The van der Waals surface area contributed by atoms with Crippen LogP contribution in [-0.2, 0) is 4.74 Å². The third-order valence-corrected chi connectivity index (χ3v) is 2.60. The predicted molar refractivity (Wildman–Crippen MR) is 60.3 cm³/mol. The van der Waals surface area contributed by atoms with E-state index < -0.39 is 6.09 Å². The van der Waals surface area contributed by atoms with E-state index in [0.29, 0.717) is 21.6 Å². The van der Waals surface area contributed by atoms with Gasteiger partial charge in [0, 0.05) is 0 Å². The molecule has 0 fully saturated rings. The molecule has 0 bridgehead atoms. The third kappa shape index (κ3) is 1.98. The number of aromatic nitrogens is 1. The van der Waals surface area contributed by atoms with E-state index in [2.05, 4.69) is 15.0 Å². The summed E-state index contributed by atoms with van der Waals surface area (Å²) < 4.78 is 9.68. The lowest BCUT2D eigenvalue weighted by atomic mass is 10.3. The number of amides is 1. The Kier molecular flexibility index (Phi) is 2.78. The molecule has 0 unspecified atom stereocenters. The first kappa shape index (κ1) is 10.5. The maximum Gasteiger partial charge on any atom is 0.412 e. The fraction of sp³-hybridized carbons (Fsp3) is 0.111. The number of nitrogens with two attached hydrogens (primary N) is 1. The summed E-state index contributed by atoms with van der Waals surface area (Å²) >= 11 is 1.15. The van der Waals surface area contributed by atoms with Gasteiger partial charge in [0.1, 0.15) is 10.7 Å². The van der Waals surface area contributed by atoms with Crippen molar-refractivity contribution in [1.29, 1.82) is 0 Å². The molecule has 2 rings (SSSR count). The summed E-state index contributed by atoms with van der Waals surface area (Å²) in [5.74, 6) is 0.541. The Labute approximate surface area is 95.0 Å². The van der Waals surface area contributed by atoms with Crippen LogP contribution in [0.3, 0.4) is 0 Å². The number of nitrogens with zero attached hydrogens (tertiary/aromatic N) is 1. The second kappa shape index (κ2) is 4.23. The number of nitrogen functional groups attached to an aromatic ring is 1. The van der Waals surface area contributed by atoms with Gasteiger partial charge in [-0.25, -0.2) is 9.78 Å². The molecule has 1 amide bonds. The van der Waals surface area contributed by atoms with Crippen LogP contribution in [0.1, 0.15) is 0 Å². The van der Waals surface area contributed by atoms with E-state index in [-0.39, 0.29) is 0 Å². The molecule has 0 atom stereocenters. The lowest BCUT2D eigenvalue weighted by molar-refractivity contribution is 0.187. The van der Waals surface area contributed by atoms with Crippen LogP contribution in [0.4, 0.5) is 14.9 Å². The van der Waals surface area contributed by atoms with Gasteiger partial charge < -0.3 is 14.9 Å². The molecule has 0 aliphatic heterocycles. The minimum atomic E-state index is -0.573. The van der Waals surface area contributed by atoms with Gasteiger partial charge in [-0.15, -0.1) is 0 Å². The number of carbonyl (C=O) groups is 1. The number of furan rings is 1. The van der Waals surface area contributed by atoms with Crippen LogP contribution < -0.4 is 11.1 Å². The summed E-state index contributed by atoms with van der Waals surface area (Å²) in [6.07, 6.45) is 0.948. The monoisotopic (exact) mass is 239 g/mol. The number of thiazole rings is 1. The molecular weight excluding hydrogens is 230 g/mol. The fourth-order valence-electron chi connectivity index (χ4n) is 1.15. The van der Waals surface area contributed by atoms with Gasteiger partial charge in [0.15, 0.2) is 10.9 Å². The molecule has 2 heterocycles. The van der Waals surface area contributed by atoms with Gasteiger partial charge in [-0.2, -0.15) is 0 Å². The van der Waals surface area contributed by atoms with E-state index in [4.69, 9.17) is 10.2 Å². The van der Waals surface area contributed by atoms with Crippen molar-refractivity contribution in [2.45, 2.75) is 0 Å². The Morgan fingerprint density at radius 1 is 1.69 bits per heavy atom. The maximum atomic E-state index is 11.1. The Balaban J connectivity index is 2.34. The highest BCUT2D eigenvalue weighted by Crippen LogP contribution is 2.34. The molecule has 0 aromatic carbocycles. The Morgan fingerprint density at radius 2 is 2.50 bits per heavy atom. The number of anilines is 2. The molecule has 2 aromatic rings. The van der Waals surface area contributed by atoms with E-state index in [9.17, 15) is 4.79 Å². The third-order valence-electron chi connectivity index (χ3n) is 1.80. The molecule has 0 saturated carbocycles. The van der Waals surface area contributed by atoms with Crippen molar-refractivity contribution in [2.24, 2.45) is 0 Å². The topological polar surface area (TPSA) is 90.4 Å². The average molecular weight is 239 g/mol. The quantitative estimate of drug-likeness (QED) is 0.838. The van der Waals surface area contributed by atoms with Crippen molar-refractivity contribution < 1.29 is 13.9 Å².